The van der Waals surface area contributed by atoms with Crippen LogP contribution in [0, 0.1) is 18.3 Å². The monoisotopic (exact) mass is 352 g/mol. The molecule has 1 amide bonds. The highest BCUT2D eigenvalue weighted by Crippen LogP contribution is 2.22. The van der Waals surface area contributed by atoms with Crippen molar-refractivity contribution in [3.8, 4) is 17.3 Å². The summed E-state index contributed by atoms with van der Waals surface area (Å²) in [5, 5.41) is 11.7. The Bertz CT molecular complexity index is 1170. The van der Waals surface area contributed by atoms with E-state index >= 15 is 0 Å². The summed E-state index contributed by atoms with van der Waals surface area (Å²) in [6, 6.07) is 20.2. The van der Waals surface area contributed by atoms with E-state index in [0.29, 0.717) is 16.8 Å². The summed E-state index contributed by atoms with van der Waals surface area (Å²) in [5.74, 6) is -0.212. The molecule has 0 aliphatic heterocycles. The van der Waals surface area contributed by atoms with Gasteiger partial charge >= 0.3 is 0 Å². The molecule has 0 aliphatic rings. The van der Waals surface area contributed by atoms with Gasteiger partial charge in [0.2, 0.25) is 0 Å². The van der Waals surface area contributed by atoms with E-state index in [0.717, 1.165) is 22.5 Å². The number of amides is 1. The van der Waals surface area contributed by atoms with Crippen molar-refractivity contribution in [3.05, 3.63) is 89.7 Å². The van der Waals surface area contributed by atoms with E-state index < -0.39 is 0 Å². The summed E-state index contributed by atoms with van der Waals surface area (Å²) in [5.41, 5.74) is 5.66. The smallest absolute Gasteiger partial charge is 0.255 e. The molecule has 0 aliphatic carbocycles. The third-order valence-corrected chi connectivity index (χ3v) is 4.39. The third kappa shape index (κ3) is 3.29. The molecule has 0 saturated carbocycles. The number of carbonyl (C=O) groups excluding carboxylic acids is 1. The summed E-state index contributed by atoms with van der Waals surface area (Å²) in [7, 11) is 0. The van der Waals surface area contributed by atoms with Gasteiger partial charge in [0.1, 0.15) is 5.65 Å². The number of nitriles is 1. The van der Waals surface area contributed by atoms with Gasteiger partial charge in [0.25, 0.3) is 5.91 Å². The molecule has 0 fully saturated rings. The average Bonchev–Trinajstić information content (AvgIpc) is 3.14. The number of aryl methyl sites for hydroxylation is 1. The van der Waals surface area contributed by atoms with Crippen LogP contribution >= 0.6 is 0 Å². The molecule has 0 radical (unpaired) electrons. The molecule has 5 heteroatoms. The number of hydrogen-bond acceptors (Lipinski definition) is 3. The molecule has 0 atom stereocenters. The van der Waals surface area contributed by atoms with Gasteiger partial charge < -0.3 is 9.72 Å². The molecule has 5 nitrogen and oxygen atoms in total. The number of fused-ring (bicyclic) bond motifs is 1. The first-order valence-corrected chi connectivity index (χ1v) is 8.50. The summed E-state index contributed by atoms with van der Waals surface area (Å²) in [6.45, 7) is 2.04. The van der Waals surface area contributed by atoms with E-state index in [1.807, 2.05) is 66.2 Å². The SMILES string of the molecule is Cc1cccn2cc(-c3ccc(NC(=O)c4ccc(C#N)cc4)cc3)nc12. The Kier molecular flexibility index (Phi) is 4.15. The van der Waals surface area contributed by atoms with Gasteiger partial charge in [-0.3, -0.25) is 4.79 Å². The second kappa shape index (κ2) is 6.77. The largest absolute Gasteiger partial charge is 0.322 e. The normalized spacial score (nSPS) is 10.5. The van der Waals surface area contributed by atoms with Crippen LogP contribution in [0.25, 0.3) is 16.9 Å². The fourth-order valence-corrected chi connectivity index (χ4v) is 2.92. The lowest BCUT2D eigenvalue weighted by Crippen LogP contribution is -2.11. The summed E-state index contributed by atoms with van der Waals surface area (Å²) < 4.78 is 2.01. The molecule has 2 aromatic carbocycles. The van der Waals surface area contributed by atoms with Gasteiger partial charge in [-0.25, -0.2) is 4.98 Å². The minimum Gasteiger partial charge on any atom is -0.322 e. The molecule has 4 rings (SSSR count). The van der Waals surface area contributed by atoms with Crippen LogP contribution in [0.15, 0.2) is 73.1 Å². The molecule has 0 spiro atoms. The summed E-state index contributed by atoms with van der Waals surface area (Å²) >= 11 is 0. The molecule has 27 heavy (non-hydrogen) atoms. The Balaban J connectivity index is 1.53. The fraction of sp³-hybridized carbons (Fsp3) is 0.0455. The van der Waals surface area contributed by atoms with Crippen LogP contribution in [0.2, 0.25) is 0 Å². The van der Waals surface area contributed by atoms with Crippen molar-refractivity contribution in [3.63, 3.8) is 0 Å². The molecule has 130 valence electrons. The van der Waals surface area contributed by atoms with Gasteiger partial charge in [-0.05, 0) is 55.0 Å². The quantitative estimate of drug-likeness (QED) is 0.593. The second-order valence-electron chi connectivity index (χ2n) is 6.27. The van der Waals surface area contributed by atoms with E-state index in [2.05, 4.69) is 10.3 Å². The highest BCUT2D eigenvalue weighted by atomic mass is 16.1. The summed E-state index contributed by atoms with van der Waals surface area (Å²) in [6.07, 6.45) is 3.97. The first kappa shape index (κ1) is 16.6. The number of nitrogens with one attached hydrogen (secondary N) is 1. The molecular weight excluding hydrogens is 336 g/mol. The van der Waals surface area contributed by atoms with Crippen LogP contribution in [0.1, 0.15) is 21.5 Å². The molecule has 0 unspecified atom stereocenters. The number of pyridine rings is 1. The van der Waals surface area contributed by atoms with Crippen LogP contribution in [0.3, 0.4) is 0 Å². The maximum Gasteiger partial charge on any atom is 0.255 e. The van der Waals surface area contributed by atoms with Gasteiger partial charge in [0.15, 0.2) is 0 Å². The minimum absolute atomic E-state index is 0.212. The van der Waals surface area contributed by atoms with Gasteiger partial charge in [0, 0.05) is 29.2 Å². The van der Waals surface area contributed by atoms with Crippen LogP contribution in [0.5, 0.6) is 0 Å². The highest BCUT2D eigenvalue weighted by molar-refractivity contribution is 6.04. The predicted octanol–water partition coefficient (Wildman–Crippen LogP) is 4.43. The maximum absolute atomic E-state index is 12.3. The highest BCUT2D eigenvalue weighted by Gasteiger charge is 2.08. The average molecular weight is 352 g/mol. The van der Waals surface area contributed by atoms with Crippen molar-refractivity contribution in [1.82, 2.24) is 9.38 Å². The van der Waals surface area contributed by atoms with Crippen molar-refractivity contribution in [2.45, 2.75) is 6.92 Å². The molecule has 2 heterocycles. The van der Waals surface area contributed by atoms with E-state index in [1.54, 1.807) is 24.3 Å². The predicted molar refractivity (Wildman–Crippen MR) is 104 cm³/mol. The first-order chi connectivity index (χ1) is 13.1. The number of rotatable bonds is 3. The maximum atomic E-state index is 12.3. The van der Waals surface area contributed by atoms with Crippen molar-refractivity contribution < 1.29 is 4.79 Å². The number of carbonyl (C=O) groups is 1. The Labute approximate surface area is 156 Å². The van der Waals surface area contributed by atoms with Gasteiger partial charge in [0.05, 0.1) is 17.3 Å². The number of nitrogens with zero attached hydrogens (tertiary/aromatic N) is 3. The molecule has 1 N–H and O–H groups in total. The lowest BCUT2D eigenvalue weighted by molar-refractivity contribution is 0.102. The Hall–Kier alpha value is -3.91. The van der Waals surface area contributed by atoms with Gasteiger partial charge in [-0.1, -0.05) is 18.2 Å². The number of anilines is 1. The zero-order valence-corrected chi connectivity index (χ0v) is 14.7. The van der Waals surface area contributed by atoms with Crippen LogP contribution < -0.4 is 5.32 Å². The Morgan fingerprint density at radius 3 is 2.48 bits per heavy atom. The van der Waals surface area contributed by atoms with Gasteiger partial charge in [-0.15, -0.1) is 0 Å². The topological polar surface area (TPSA) is 70.2 Å². The van der Waals surface area contributed by atoms with Crippen molar-refractivity contribution in [2.75, 3.05) is 5.32 Å². The lowest BCUT2D eigenvalue weighted by atomic mass is 10.1. The zero-order chi connectivity index (χ0) is 18.8. The van der Waals surface area contributed by atoms with Crippen LogP contribution in [-0.2, 0) is 0 Å². The van der Waals surface area contributed by atoms with Crippen molar-refractivity contribution in [1.29, 1.82) is 5.26 Å². The number of hydrogen-bond donors (Lipinski definition) is 1. The van der Waals surface area contributed by atoms with Crippen molar-refractivity contribution in [2.24, 2.45) is 0 Å². The lowest BCUT2D eigenvalue weighted by Gasteiger charge is -2.06. The molecular formula is C22H16N4O. The van der Waals surface area contributed by atoms with E-state index in [4.69, 9.17) is 5.26 Å². The van der Waals surface area contributed by atoms with E-state index in [1.165, 1.54) is 0 Å². The molecule has 4 aromatic rings. The standard InChI is InChI=1S/C22H16N4O/c1-15-3-2-12-26-14-20(25-21(15)26)17-8-10-19(11-9-17)24-22(27)18-6-4-16(13-23)5-7-18/h2-12,14H,1H3,(H,24,27). The Morgan fingerprint density at radius 1 is 1.07 bits per heavy atom. The molecule has 0 bridgehead atoms. The van der Waals surface area contributed by atoms with Crippen molar-refractivity contribution >= 4 is 17.2 Å². The summed E-state index contributed by atoms with van der Waals surface area (Å²) in [4.78, 5) is 17.0. The number of aromatic nitrogens is 2. The second-order valence-corrected chi connectivity index (χ2v) is 6.27. The molecule has 2 aromatic heterocycles. The minimum atomic E-state index is -0.212. The van der Waals surface area contributed by atoms with E-state index in [-0.39, 0.29) is 5.91 Å². The number of benzene rings is 2. The van der Waals surface area contributed by atoms with Crippen LogP contribution in [-0.4, -0.2) is 15.3 Å². The Morgan fingerprint density at radius 2 is 1.81 bits per heavy atom. The fourth-order valence-electron chi connectivity index (χ4n) is 2.92. The molecule has 0 saturated heterocycles. The van der Waals surface area contributed by atoms with Gasteiger partial charge in [-0.2, -0.15) is 5.26 Å². The van der Waals surface area contributed by atoms with E-state index in [9.17, 15) is 4.79 Å². The zero-order valence-electron chi connectivity index (χ0n) is 14.7. The van der Waals surface area contributed by atoms with Crippen LogP contribution in [0.4, 0.5) is 5.69 Å². The number of imidazole rings is 1. The third-order valence-electron chi connectivity index (χ3n) is 4.39. The first-order valence-electron chi connectivity index (χ1n) is 8.50.